The Hall–Kier alpha value is -0.460. The number of aliphatic imine (C=N–C) groups is 1. The molecule has 0 radical (unpaired) electrons. The highest BCUT2D eigenvalue weighted by molar-refractivity contribution is 9.09. The van der Waals surface area contributed by atoms with Crippen molar-refractivity contribution in [3.63, 3.8) is 0 Å². The summed E-state index contributed by atoms with van der Waals surface area (Å²) in [7, 11) is 0. The van der Waals surface area contributed by atoms with Gasteiger partial charge < -0.3 is 5.32 Å². The number of alkyl halides is 1. The van der Waals surface area contributed by atoms with E-state index >= 15 is 0 Å². The van der Waals surface area contributed by atoms with Crippen LogP contribution in [-0.4, -0.2) is 35.9 Å². The highest BCUT2D eigenvalue weighted by atomic mass is 79.9. The molecule has 2 aliphatic heterocycles. The number of halogens is 1. The van der Waals surface area contributed by atoms with E-state index in [2.05, 4.69) is 36.9 Å². The summed E-state index contributed by atoms with van der Waals surface area (Å²) in [6.45, 7) is 0.990. The summed E-state index contributed by atoms with van der Waals surface area (Å²) in [5.74, 6) is 0.668. The number of rotatable bonds is 0. The number of hydrogen-bond acceptors (Lipinski definition) is 4. The third-order valence-corrected chi connectivity index (χ3v) is 2.33. The number of amides is 1. The van der Waals surface area contributed by atoms with E-state index in [1.807, 2.05) is 0 Å². The number of amidine groups is 1. The molecule has 12 heavy (non-hydrogen) atoms. The zero-order valence-electron chi connectivity index (χ0n) is 6.30. The molecule has 1 fully saturated rings. The van der Waals surface area contributed by atoms with Crippen molar-refractivity contribution >= 4 is 27.7 Å². The molecule has 3 N–H and O–H groups in total. The molecule has 6 heteroatoms. The molecule has 2 unspecified atom stereocenters. The van der Waals surface area contributed by atoms with Crippen molar-refractivity contribution in [3.05, 3.63) is 0 Å². The largest absolute Gasteiger partial charge is 0.311 e. The minimum atomic E-state index is -0.0279. The molecule has 2 rings (SSSR count). The maximum absolute atomic E-state index is 10.9. The summed E-state index contributed by atoms with van der Waals surface area (Å²) in [5.41, 5.74) is 0. The first-order valence-corrected chi connectivity index (χ1v) is 4.65. The van der Waals surface area contributed by atoms with Gasteiger partial charge in [0.05, 0.1) is 18.0 Å². The van der Waals surface area contributed by atoms with E-state index in [-0.39, 0.29) is 17.0 Å². The minimum absolute atomic E-state index is 0.0131. The van der Waals surface area contributed by atoms with Crippen molar-refractivity contribution < 1.29 is 4.79 Å². The molecular weight excluding hydrogens is 224 g/mol. The average Bonchev–Trinajstić information content (AvgIpc) is 2.05. The van der Waals surface area contributed by atoms with Gasteiger partial charge in [-0.2, -0.15) is 0 Å². The number of piperazine rings is 1. The number of fused-ring (bicyclic) bond motifs is 1. The molecule has 2 heterocycles. The predicted octanol–water partition coefficient (Wildman–Crippen LogP) is -1.25. The van der Waals surface area contributed by atoms with Crippen molar-refractivity contribution in [1.29, 1.82) is 0 Å². The first-order valence-electron chi connectivity index (χ1n) is 3.73. The molecule has 0 spiro atoms. The van der Waals surface area contributed by atoms with Gasteiger partial charge in [-0.05, 0) is 0 Å². The lowest BCUT2D eigenvalue weighted by molar-refractivity contribution is -0.119. The van der Waals surface area contributed by atoms with Gasteiger partial charge in [0.25, 0.3) is 0 Å². The third-order valence-electron chi connectivity index (χ3n) is 1.78. The van der Waals surface area contributed by atoms with Crippen molar-refractivity contribution in [2.45, 2.75) is 11.1 Å². The lowest BCUT2D eigenvalue weighted by Gasteiger charge is -2.31. The summed E-state index contributed by atoms with van der Waals surface area (Å²) in [4.78, 5) is 15.3. The molecule has 2 aliphatic rings. The summed E-state index contributed by atoms with van der Waals surface area (Å²) in [5, 5.41) is 8.92. The molecule has 0 aromatic carbocycles. The van der Waals surface area contributed by atoms with Crippen LogP contribution in [0.2, 0.25) is 0 Å². The number of carbonyl (C=O) groups is 1. The maximum Gasteiger partial charge on any atom is 0.239 e. The summed E-state index contributed by atoms with van der Waals surface area (Å²) in [6.07, 6.45) is -0.0131. The van der Waals surface area contributed by atoms with Crippen molar-refractivity contribution in [2.24, 2.45) is 4.99 Å². The van der Waals surface area contributed by atoms with Crippen LogP contribution in [0.1, 0.15) is 0 Å². The van der Waals surface area contributed by atoms with Crippen LogP contribution in [0.25, 0.3) is 0 Å². The first kappa shape index (κ1) is 8.15. The predicted molar refractivity (Wildman–Crippen MR) is 48.1 cm³/mol. The van der Waals surface area contributed by atoms with Crippen LogP contribution in [0.5, 0.6) is 0 Å². The van der Waals surface area contributed by atoms with Crippen LogP contribution < -0.4 is 16.0 Å². The van der Waals surface area contributed by atoms with Crippen molar-refractivity contribution in [3.8, 4) is 0 Å². The Kier molecular flexibility index (Phi) is 2.12. The fourth-order valence-corrected chi connectivity index (χ4v) is 1.64. The molecule has 0 aromatic rings. The van der Waals surface area contributed by atoms with Gasteiger partial charge in [0.1, 0.15) is 12.0 Å². The number of hydrogen-bond donors (Lipinski definition) is 3. The zero-order valence-corrected chi connectivity index (χ0v) is 7.89. The first-order chi connectivity index (χ1) is 5.75. The fourth-order valence-electron chi connectivity index (χ4n) is 1.23. The van der Waals surface area contributed by atoms with Crippen molar-refractivity contribution in [2.75, 3.05) is 13.1 Å². The van der Waals surface area contributed by atoms with Gasteiger partial charge in [0, 0.05) is 0 Å². The molecule has 1 amide bonds. The Morgan fingerprint density at radius 1 is 1.58 bits per heavy atom. The lowest BCUT2D eigenvalue weighted by Crippen LogP contribution is -2.65. The van der Waals surface area contributed by atoms with Gasteiger partial charge in [-0.25, -0.2) is 0 Å². The van der Waals surface area contributed by atoms with E-state index < -0.39 is 0 Å². The summed E-state index contributed by atoms with van der Waals surface area (Å²) in [6, 6.07) is 0. The molecule has 66 valence electrons. The van der Waals surface area contributed by atoms with Crippen LogP contribution in [0, 0.1) is 0 Å². The van der Waals surface area contributed by atoms with Gasteiger partial charge in [-0.1, -0.05) is 15.9 Å². The van der Waals surface area contributed by atoms with Gasteiger partial charge >= 0.3 is 0 Å². The lowest BCUT2D eigenvalue weighted by atomic mass is 10.3. The van der Waals surface area contributed by atoms with Gasteiger partial charge in [-0.3, -0.25) is 20.4 Å². The van der Waals surface area contributed by atoms with Crippen LogP contribution in [0.4, 0.5) is 0 Å². The monoisotopic (exact) mass is 232 g/mol. The Balaban J connectivity index is 2.12. The fraction of sp³-hybridized carbons (Fsp3) is 0.667. The molecule has 0 aliphatic carbocycles. The molecule has 0 bridgehead atoms. The van der Waals surface area contributed by atoms with E-state index in [1.54, 1.807) is 0 Å². The van der Waals surface area contributed by atoms with E-state index in [0.29, 0.717) is 18.9 Å². The van der Waals surface area contributed by atoms with Gasteiger partial charge in [-0.15, -0.1) is 0 Å². The molecule has 5 nitrogen and oxygen atoms in total. The van der Waals surface area contributed by atoms with Crippen LogP contribution >= 0.6 is 15.9 Å². The van der Waals surface area contributed by atoms with Gasteiger partial charge in [0.15, 0.2) is 0 Å². The second-order valence-corrected chi connectivity index (χ2v) is 3.83. The van der Waals surface area contributed by atoms with Crippen LogP contribution in [0.15, 0.2) is 4.99 Å². The van der Waals surface area contributed by atoms with E-state index in [4.69, 9.17) is 0 Å². The maximum atomic E-state index is 10.9. The highest BCUT2D eigenvalue weighted by Gasteiger charge is 2.28. The third kappa shape index (κ3) is 1.50. The smallest absolute Gasteiger partial charge is 0.239 e. The Bertz CT molecular complexity index is 242. The minimum Gasteiger partial charge on any atom is -0.311 e. The van der Waals surface area contributed by atoms with Gasteiger partial charge in [0.2, 0.25) is 5.91 Å². The highest BCUT2D eigenvalue weighted by Crippen LogP contribution is 2.04. The topological polar surface area (TPSA) is 65.5 Å². The second-order valence-electron chi connectivity index (χ2n) is 2.72. The Morgan fingerprint density at radius 2 is 2.42 bits per heavy atom. The number of carbonyl (C=O) groups excluding carboxylic acids is 1. The Labute approximate surface area is 78.1 Å². The average molecular weight is 233 g/mol. The summed E-state index contributed by atoms with van der Waals surface area (Å²) >= 11 is 3.39. The molecule has 2 atom stereocenters. The quantitative estimate of drug-likeness (QED) is 0.362. The number of nitrogens with one attached hydrogen (secondary N) is 3. The van der Waals surface area contributed by atoms with Crippen molar-refractivity contribution in [1.82, 2.24) is 16.0 Å². The summed E-state index contributed by atoms with van der Waals surface area (Å²) < 4.78 is 0. The second kappa shape index (κ2) is 3.12. The number of nitrogens with zero attached hydrogens (tertiary/aromatic N) is 1. The van der Waals surface area contributed by atoms with Crippen LogP contribution in [0.3, 0.4) is 0 Å². The van der Waals surface area contributed by atoms with E-state index in [0.717, 1.165) is 0 Å². The molecule has 1 saturated heterocycles. The van der Waals surface area contributed by atoms with E-state index in [1.165, 1.54) is 0 Å². The molecule has 0 aromatic heterocycles. The normalized spacial score (nSPS) is 35.1. The zero-order chi connectivity index (χ0) is 8.55. The Morgan fingerprint density at radius 3 is 3.25 bits per heavy atom. The standard InChI is InChI=1S/C6H9BrN4O/c7-3-1-8-6-5(10-3)9-2-4(12)11-6/h3,5,9-10H,1-2H2,(H,8,11,12). The molecule has 0 saturated carbocycles. The van der Waals surface area contributed by atoms with E-state index in [9.17, 15) is 4.79 Å². The SMILES string of the molecule is O=C1CNC2NC(Br)CN=C2N1. The van der Waals surface area contributed by atoms with Crippen LogP contribution in [-0.2, 0) is 4.79 Å². The molecular formula is C6H9BrN4O.